The molecule has 0 N–H and O–H groups in total. The molecule has 0 heterocycles. The van der Waals surface area contributed by atoms with Crippen LogP contribution in [0, 0.1) is 22.7 Å². The minimum Gasteiger partial charge on any atom is -0.462 e. The fraction of sp³-hybridized carbons (Fsp3) is 0.316. The first kappa shape index (κ1) is 19.0. The van der Waals surface area contributed by atoms with E-state index in [1.807, 2.05) is 38.3 Å². The second-order valence-electron chi connectivity index (χ2n) is 5.33. The third kappa shape index (κ3) is 6.81. The van der Waals surface area contributed by atoms with E-state index in [1.54, 1.807) is 30.3 Å². The van der Waals surface area contributed by atoms with Gasteiger partial charge >= 0.3 is 5.97 Å². The second kappa shape index (κ2) is 10.6. The van der Waals surface area contributed by atoms with Gasteiger partial charge in [-0.3, -0.25) is 0 Å². The van der Waals surface area contributed by atoms with E-state index in [-0.39, 0.29) is 17.6 Å². The van der Waals surface area contributed by atoms with Gasteiger partial charge in [0.05, 0.1) is 12.2 Å². The monoisotopic (exact) mass is 323 g/mol. The fourth-order valence-electron chi connectivity index (χ4n) is 1.92. The van der Waals surface area contributed by atoms with Crippen LogP contribution in [0.3, 0.4) is 0 Å². The van der Waals surface area contributed by atoms with Gasteiger partial charge in [0.15, 0.2) is 0 Å². The molecule has 124 valence electrons. The molecule has 0 amide bonds. The molecule has 0 saturated carbocycles. The van der Waals surface area contributed by atoms with E-state index < -0.39 is 0 Å². The van der Waals surface area contributed by atoms with Gasteiger partial charge in [-0.15, -0.1) is 0 Å². The van der Waals surface area contributed by atoms with Gasteiger partial charge in [0.25, 0.3) is 0 Å². The molecular weight excluding hydrogens is 302 g/mol. The lowest BCUT2D eigenvalue weighted by atomic mass is 10.2. The lowest BCUT2D eigenvalue weighted by molar-refractivity contribution is 0.0491. The number of allylic oxidation sites excluding steroid dienone is 3. The number of hydrogen-bond donors (Lipinski definition) is 0. The Kier molecular flexibility index (Phi) is 8.42. The van der Waals surface area contributed by atoms with Crippen molar-refractivity contribution in [3.63, 3.8) is 0 Å². The number of nitriles is 2. The molecule has 5 nitrogen and oxygen atoms in total. The summed E-state index contributed by atoms with van der Waals surface area (Å²) < 4.78 is 5.25. The molecule has 0 aliphatic carbocycles. The van der Waals surface area contributed by atoms with Crippen LogP contribution in [0.2, 0.25) is 0 Å². The molecule has 0 radical (unpaired) electrons. The van der Waals surface area contributed by atoms with Crippen LogP contribution in [0.5, 0.6) is 0 Å². The van der Waals surface area contributed by atoms with Crippen molar-refractivity contribution in [3.05, 3.63) is 59.8 Å². The maximum atomic E-state index is 11.8. The van der Waals surface area contributed by atoms with E-state index in [0.717, 1.165) is 0 Å². The van der Waals surface area contributed by atoms with Crippen LogP contribution in [0.4, 0.5) is 0 Å². The zero-order valence-electron chi connectivity index (χ0n) is 14.0. The Balaban J connectivity index is 2.44. The first-order valence-electron chi connectivity index (χ1n) is 7.75. The van der Waals surface area contributed by atoms with Crippen LogP contribution in [0.15, 0.2) is 54.3 Å². The smallest absolute Gasteiger partial charge is 0.338 e. The Bertz CT molecular complexity index is 648. The summed E-state index contributed by atoms with van der Waals surface area (Å²) in [7, 11) is 0. The van der Waals surface area contributed by atoms with Crippen molar-refractivity contribution in [2.75, 3.05) is 13.2 Å². The Morgan fingerprint density at radius 1 is 1.25 bits per heavy atom. The third-order valence-corrected chi connectivity index (χ3v) is 3.25. The maximum absolute atomic E-state index is 11.8. The summed E-state index contributed by atoms with van der Waals surface area (Å²) >= 11 is 0. The van der Waals surface area contributed by atoms with Gasteiger partial charge < -0.3 is 9.64 Å². The SMILES string of the molecule is CC(C)N(/C=C/C=C(C#N)C#N)CCCOC(=O)c1ccccc1. The van der Waals surface area contributed by atoms with Crippen molar-refractivity contribution < 1.29 is 9.53 Å². The molecule has 1 rings (SSSR count). The normalized spacial score (nSPS) is 10.0. The number of carbonyl (C=O) groups excluding carboxylic acids is 1. The molecular formula is C19H21N3O2. The Morgan fingerprint density at radius 2 is 1.92 bits per heavy atom. The average Bonchev–Trinajstić information content (AvgIpc) is 2.60. The van der Waals surface area contributed by atoms with Crippen molar-refractivity contribution in [2.45, 2.75) is 26.3 Å². The van der Waals surface area contributed by atoms with Crippen molar-refractivity contribution in [2.24, 2.45) is 0 Å². The summed E-state index contributed by atoms with van der Waals surface area (Å²) in [6, 6.07) is 12.8. The van der Waals surface area contributed by atoms with Crippen LogP contribution in [-0.2, 0) is 4.74 Å². The first-order chi connectivity index (χ1) is 11.6. The zero-order chi connectivity index (χ0) is 17.8. The first-order valence-corrected chi connectivity index (χ1v) is 7.75. The number of esters is 1. The van der Waals surface area contributed by atoms with Crippen molar-refractivity contribution in [1.82, 2.24) is 4.90 Å². The molecule has 0 spiro atoms. The number of nitrogens with zero attached hydrogens (tertiary/aromatic N) is 3. The van der Waals surface area contributed by atoms with Crippen molar-refractivity contribution in [1.29, 1.82) is 10.5 Å². The molecule has 0 aromatic heterocycles. The molecule has 0 atom stereocenters. The summed E-state index contributed by atoms with van der Waals surface area (Å²) in [6.45, 7) is 5.12. The highest BCUT2D eigenvalue weighted by Gasteiger charge is 2.07. The highest BCUT2D eigenvalue weighted by atomic mass is 16.5. The summed E-state index contributed by atoms with van der Waals surface area (Å²) in [5, 5.41) is 17.4. The lowest BCUT2D eigenvalue weighted by Gasteiger charge is -2.24. The predicted molar refractivity (Wildman–Crippen MR) is 91.6 cm³/mol. The molecule has 0 aliphatic rings. The number of carbonyl (C=O) groups is 1. The minimum atomic E-state index is -0.321. The van der Waals surface area contributed by atoms with Gasteiger partial charge in [-0.05, 0) is 50.8 Å². The summed E-state index contributed by atoms with van der Waals surface area (Å²) in [4.78, 5) is 13.9. The van der Waals surface area contributed by atoms with Gasteiger partial charge in [0, 0.05) is 12.6 Å². The van der Waals surface area contributed by atoms with Gasteiger partial charge in [-0.2, -0.15) is 10.5 Å². The van der Waals surface area contributed by atoms with Gasteiger partial charge in [-0.25, -0.2) is 4.79 Å². The summed E-state index contributed by atoms with van der Waals surface area (Å²) in [5.41, 5.74) is 0.607. The minimum absolute atomic E-state index is 0.0618. The molecule has 24 heavy (non-hydrogen) atoms. The largest absolute Gasteiger partial charge is 0.462 e. The van der Waals surface area contributed by atoms with Gasteiger partial charge in [0.1, 0.15) is 17.7 Å². The third-order valence-electron chi connectivity index (χ3n) is 3.25. The van der Waals surface area contributed by atoms with E-state index in [4.69, 9.17) is 15.3 Å². The number of hydrogen-bond acceptors (Lipinski definition) is 5. The van der Waals surface area contributed by atoms with E-state index in [9.17, 15) is 4.79 Å². The van der Waals surface area contributed by atoms with Crippen LogP contribution in [-0.4, -0.2) is 30.1 Å². The quantitative estimate of drug-likeness (QED) is 0.317. The highest BCUT2D eigenvalue weighted by molar-refractivity contribution is 5.89. The predicted octanol–water partition coefficient (Wildman–Crippen LogP) is 3.43. The summed E-state index contributed by atoms with van der Waals surface area (Å²) in [5.74, 6) is -0.321. The number of benzene rings is 1. The molecule has 0 fully saturated rings. The highest BCUT2D eigenvalue weighted by Crippen LogP contribution is 2.04. The molecule has 1 aromatic rings. The zero-order valence-corrected chi connectivity index (χ0v) is 14.0. The summed E-state index contributed by atoms with van der Waals surface area (Å²) in [6.07, 6.45) is 5.68. The molecule has 0 aliphatic heterocycles. The second-order valence-corrected chi connectivity index (χ2v) is 5.33. The molecule has 0 saturated heterocycles. The van der Waals surface area contributed by atoms with E-state index in [2.05, 4.69) is 4.90 Å². The molecule has 5 heteroatoms. The Hall–Kier alpha value is -3.05. The van der Waals surface area contributed by atoms with Crippen LogP contribution in [0.1, 0.15) is 30.6 Å². The molecule has 0 unspecified atom stereocenters. The van der Waals surface area contributed by atoms with Crippen LogP contribution < -0.4 is 0 Å². The van der Waals surface area contributed by atoms with E-state index >= 15 is 0 Å². The van der Waals surface area contributed by atoms with E-state index in [0.29, 0.717) is 25.1 Å². The maximum Gasteiger partial charge on any atom is 0.338 e. The lowest BCUT2D eigenvalue weighted by Crippen LogP contribution is -2.27. The fourth-order valence-corrected chi connectivity index (χ4v) is 1.92. The van der Waals surface area contributed by atoms with Crippen molar-refractivity contribution >= 4 is 5.97 Å². The van der Waals surface area contributed by atoms with Crippen LogP contribution in [0.25, 0.3) is 0 Å². The van der Waals surface area contributed by atoms with Gasteiger partial charge in [-0.1, -0.05) is 18.2 Å². The molecule has 1 aromatic carbocycles. The Morgan fingerprint density at radius 3 is 2.50 bits per heavy atom. The van der Waals surface area contributed by atoms with E-state index in [1.165, 1.54) is 6.08 Å². The topological polar surface area (TPSA) is 77.1 Å². The molecule has 0 bridgehead atoms. The standard InChI is InChI=1S/C19H21N3O2/c1-16(2)22(11-6-8-17(14-20)15-21)12-7-13-24-19(23)18-9-4-3-5-10-18/h3-6,8-11,16H,7,12-13H2,1-2H3/b11-6+. The number of ether oxygens (including phenoxy) is 1. The number of rotatable bonds is 8. The van der Waals surface area contributed by atoms with Crippen LogP contribution >= 0.6 is 0 Å². The average molecular weight is 323 g/mol. The van der Waals surface area contributed by atoms with Crippen molar-refractivity contribution in [3.8, 4) is 12.1 Å². The van der Waals surface area contributed by atoms with Gasteiger partial charge in [0.2, 0.25) is 0 Å². The Labute approximate surface area is 143 Å².